The van der Waals surface area contributed by atoms with Gasteiger partial charge in [0.2, 0.25) is 5.91 Å². The topological polar surface area (TPSA) is 68.2 Å². The molecule has 0 unspecified atom stereocenters. The van der Waals surface area contributed by atoms with E-state index in [4.69, 9.17) is 4.74 Å². The summed E-state index contributed by atoms with van der Waals surface area (Å²) in [6, 6.07) is 11.1. The molecule has 2 aromatic heterocycles. The Balaban J connectivity index is 1.77. The van der Waals surface area contributed by atoms with Crippen molar-refractivity contribution in [3.05, 3.63) is 60.7 Å². The molecule has 0 N–H and O–H groups in total. The number of fused-ring (bicyclic) bond motifs is 1. The minimum Gasteiger partial charge on any atom is -0.497 e. The molecule has 3 heterocycles. The Bertz CT molecular complexity index is 895. The first-order chi connectivity index (χ1) is 11.8. The number of amides is 1. The van der Waals surface area contributed by atoms with Crippen LogP contribution in [0.15, 0.2) is 55.0 Å². The molecule has 0 saturated heterocycles. The predicted octanol–water partition coefficient (Wildman–Crippen LogP) is 2.77. The Morgan fingerprint density at radius 2 is 1.83 bits per heavy atom. The Hall–Kier alpha value is -3.28. The van der Waals surface area contributed by atoms with Gasteiger partial charge >= 0.3 is 0 Å². The second kappa shape index (κ2) is 5.73. The largest absolute Gasteiger partial charge is 0.497 e. The molecule has 1 amide bonds. The van der Waals surface area contributed by atoms with Crippen molar-refractivity contribution in [1.82, 2.24) is 15.0 Å². The van der Waals surface area contributed by atoms with Crippen molar-refractivity contribution in [1.29, 1.82) is 0 Å². The van der Waals surface area contributed by atoms with Crippen LogP contribution in [0.3, 0.4) is 0 Å². The van der Waals surface area contributed by atoms with E-state index >= 15 is 0 Å². The minimum absolute atomic E-state index is 0.0398. The fraction of sp³-hybridized carbons (Fsp3) is 0.111. The first kappa shape index (κ1) is 14.3. The van der Waals surface area contributed by atoms with E-state index in [0.717, 1.165) is 17.0 Å². The summed E-state index contributed by atoms with van der Waals surface area (Å²) in [5.74, 6) is 1.28. The van der Waals surface area contributed by atoms with Gasteiger partial charge < -0.3 is 4.74 Å². The summed E-state index contributed by atoms with van der Waals surface area (Å²) in [5, 5.41) is 0. The number of hydrogen-bond donors (Lipinski definition) is 0. The molecular formula is C18H14N4O2. The molecule has 0 radical (unpaired) electrons. The third-order valence-electron chi connectivity index (χ3n) is 3.91. The van der Waals surface area contributed by atoms with Gasteiger partial charge in [0.05, 0.1) is 36.8 Å². The average Bonchev–Trinajstić information content (AvgIpc) is 2.97. The standard InChI is InChI=1S/C18H14N4O2/c1-24-14-4-2-13(3-5-14)22-17(23)10-15-18(22)21-16(11-20-15)12-6-8-19-9-7-12/h2-9,11H,10H2,1H3. The summed E-state index contributed by atoms with van der Waals surface area (Å²) < 4.78 is 5.17. The van der Waals surface area contributed by atoms with E-state index in [1.54, 1.807) is 30.6 Å². The first-order valence-electron chi connectivity index (χ1n) is 7.49. The molecule has 1 aromatic carbocycles. The molecule has 6 heteroatoms. The number of rotatable bonds is 3. The fourth-order valence-corrected chi connectivity index (χ4v) is 2.71. The van der Waals surface area contributed by atoms with E-state index in [1.165, 1.54) is 0 Å². The maximum atomic E-state index is 12.4. The number of benzene rings is 1. The van der Waals surface area contributed by atoms with Crippen LogP contribution in [0.25, 0.3) is 11.3 Å². The molecule has 6 nitrogen and oxygen atoms in total. The van der Waals surface area contributed by atoms with Crippen molar-refractivity contribution in [2.75, 3.05) is 12.0 Å². The van der Waals surface area contributed by atoms with Crippen molar-refractivity contribution in [2.45, 2.75) is 6.42 Å². The van der Waals surface area contributed by atoms with Crippen molar-refractivity contribution < 1.29 is 9.53 Å². The number of methoxy groups -OCH3 is 1. The second-order valence-corrected chi connectivity index (χ2v) is 5.37. The van der Waals surface area contributed by atoms with Gasteiger partial charge in [-0.25, -0.2) is 4.98 Å². The van der Waals surface area contributed by atoms with Gasteiger partial charge in [-0.3, -0.25) is 19.7 Å². The number of hydrogen-bond acceptors (Lipinski definition) is 5. The number of pyridine rings is 1. The van der Waals surface area contributed by atoms with E-state index in [9.17, 15) is 4.79 Å². The molecule has 0 aliphatic carbocycles. The number of carbonyl (C=O) groups excluding carboxylic acids is 1. The highest BCUT2D eigenvalue weighted by Gasteiger charge is 2.31. The van der Waals surface area contributed by atoms with Crippen LogP contribution in [0.1, 0.15) is 5.69 Å². The molecule has 0 fully saturated rings. The molecule has 0 bridgehead atoms. The number of carbonyl (C=O) groups is 1. The van der Waals surface area contributed by atoms with Crippen LogP contribution in [0.5, 0.6) is 5.75 Å². The van der Waals surface area contributed by atoms with Gasteiger partial charge in [-0.1, -0.05) is 0 Å². The van der Waals surface area contributed by atoms with Gasteiger partial charge in [-0.05, 0) is 36.4 Å². The molecule has 0 spiro atoms. The molecule has 4 rings (SSSR count). The molecule has 1 aliphatic rings. The Kier molecular flexibility index (Phi) is 3.42. The van der Waals surface area contributed by atoms with Crippen LogP contribution in [-0.2, 0) is 11.2 Å². The lowest BCUT2D eigenvalue weighted by atomic mass is 10.2. The van der Waals surface area contributed by atoms with Gasteiger partial charge in [0, 0.05) is 18.0 Å². The quantitative estimate of drug-likeness (QED) is 0.743. The van der Waals surface area contributed by atoms with Crippen LogP contribution >= 0.6 is 0 Å². The molecule has 1 aliphatic heterocycles. The third-order valence-corrected chi connectivity index (χ3v) is 3.91. The zero-order valence-corrected chi connectivity index (χ0v) is 13.0. The van der Waals surface area contributed by atoms with Crippen molar-refractivity contribution in [2.24, 2.45) is 0 Å². The normalized spacial score (nSPS) is 13.0. The molecule has 0 atom stereocenters. The lowest BCUT2D eigenvalue weighted by Crippen LogP contribution is -2.21. The smallest absolute Gasteiger partial charge is 0.238 e. The summed E-state index contributed by atoms with van der Waals surface area (Å²) >= 11 is 0. The van der Waals surface area contributed by atoms with Crippen LogP contribution < -0.4 is 9.64 Å². The lowest BCUT2D eigenvalue weighted by Gasteiger charge is -2.17. The Labute approximate surface area is 138 Å². The summed E-state index contributed by atoms with van der Waals surface area (Å²) in [4.78, 5) is 27.1. The van der Waals surface area contributed by atoms with E-state index in [-0.39, 0.29) is 12.3 Å². The highest BCUT2D eigenvalue weighted by Crippen LogP contribution is 2.34. The van der Waals surface area contributed by atoms with E-state index in [1.807, 2.05) is 36.4 Å². The molecule has 118 valence electrons. The van der Waals surface area contributed by atoms with Gasteiger partial charge in [-0.15, -0.1) is 0 Å². The highest BCUT2D eigenvalue weighted by molar-refractivity contribution is 6.05. The van der Waals surface area contributed by atoms with Crippen molar-refractivity contribution in [3.8, 4) is 17.0 Å². The summed E-state index contributed by atoms with van der Waals surface area (Å²) in [5.41, 5.74) is 3.06. The zero-order valence-electron chi connectivity index (χ0n) is 13.0. The van der Waals surface area contributed by atoms with Gasteiger partial charge in [0.25, 0.3) is 0 Å². The summed E-state index contributed by atoms with van der Waals surface area (Å²) in [6.45, 7) is 0. The zero-order chi connectivity index (χ0) is 16.5. The van der Waals surface area contributed by atoms with Crippen LogP contribution in [-0.4, -0.2) is 28.0 Å². The molecule has 0 saturated carbocycles. The highest BCUT2D eigenvalue weighted by atomic mass is 16.5. The van der Waals surface area contributed by atoms with E-state index < -0.39 is 0 Å². The molecular weight excluding hydrogens is 304 g/mol. The number of aromatic nitrogens is 3. The van der Waals surface area contributed by atoms with Gasteiger partial charge in [0.15, 0.2) is 5.82 Å². The molecule has 24 heavy (non-hydrogen) atoms. The number of nitrogens with zero attached hydrogens (tertiary/aromatic N) is 4. The minimum atomic E-state index is -0.0398. The van der Waals surface area contributed by atoms with Crippen LogP contribution in [0.4, 0.5) is 11.5 Å². The monoisotopic (exact) mass is 318 g/mol. The Morgan fingerprint density at radius 1 is 1.08 bits per heavy atom. The van der Waals surface area contributed by atoms with Crippen LogP contribution in [0, 0.1) is 0 Å². The maximum absolute atomic E-state index is 12.4. The lowest BCUT2D eigenvalue weighted by molar-refractivity contribution is -0.116. The molecule has 3 aromatic rings. The first-order valence-corrected chi connectivity index (χ1v) is 7.49. The fourth-order valence-electron chi connectivity index (χ4n) is 2.71. The van der Waals surface area contributed by atoms with Crippen molar-refractivity contribution in [3.63, 3.8) is 0 Å². The SMILES string of the molecule is COc1ccc(N2C(=O)Cc3ncc(-c4ccncc4)nc32)cc1. The van der Waals surface area contributed by atoms with Crippen LogP contribution in [0.2, 0.25) is 0 Å². The van der Waals surface area contributed by atoms with Crippen molar-refractivity contribution >= 4 is 17.4 Å². The second-order valence-electron chi connectivity index (χ2n) is 5.37. The van der Waals surface area contributed by atoms with E-state index in [2.05, 4.69) is 15.0 Å². The summed E-state index contributed by atoms with van der Waals surface area (Å²) in [7, 11) is 1.61. The van der Waals surface area contributed by atoms with Gasteiger partial charge in [0.1, 0.15) is 5.75 Å². The summed E-state index contributed by atoms with van der Waals surface area (Å²) in [6.07, 6.45) is 5.36. The predicted molar refractivity (Wildman–Crippen MR) is 89.1 cm³/mol. The van der Waals surface area contributed by atoms with Gasteiger partial charge in [-0.2, -0.15) is 0 Å². The number of anilines is 2. The van der Waals surface area contributed by atoms with E-state index in [0.29, 0.717) is 17.2 Å². The number of ether oxygens (including phenoxy) is 1. The third kappa shape index (κ3) is 2.38. The Morgan fingerprint density at radius 3 is 2.54 bits per heavy atom. The average molecular weight is 318 g/mol. The maximum Gasteiger partial charge on any atom is 0.238 e.